The van der Waals surface area contributed by atoms with Crippen molar-refractivity contribution in [2.75, 3.05) is 13.7 Å². The van der Waals surface area contributed by atoms with Gasteiger partial charge in [-0.2, -0.15) is 0 Å². The summed E-state index contributed by atoms with van der Waals surface area (Å²) in [4.78, 5) is 52.5. The van der Waals surface area contributed by atoms with E-state index >= 15 is 0 Å². The Balaban J connectivity index is 1.43. The zero-order chi connectivity index (χ0) is 28.6. The Hall–Kier alpha value is -3.24. The fraction of sp³-hybridized carbons (Fsp3) is 0.600. The smallest absolute Gasteiger partial charge is 0.243 e. The SMILES string of the molecule is COc1ccc(C[C@H](NC(=O)[C@@H](C)NC(=O)[C@H]2CC[C@H](O)CC2)C(=O)N[C@@H](CC2CC=CC2)C(=O)[C@H]2CO2)cc1. The number of ketones is 1. The summed E-state index contributed by atoms with van der Waals surface area (Å²) in [7, 11) is 1.57. The van der Waals surface area contributed by atoms with Crippen LogP contribution in [-0.4, -0.2) is 72.7 Å². The summed E-state index contributed by atoms with van der Waals surface area (Å²) in [6.45, 7) is 1.94. The van der Waals surface area contributed by atoms with E-state index in [4.69, 9.17) is 9.47 Å². The molecular weight excluding hydrogens is 514 g/mol. The highest BCUT2D eigenvalue weighted by molar-refractivity contribution is 5.96. The topological polar surface area (TPSA) is 146 Å². The number of benzene rings is 1. The summed E-state index contributed by atoms with van der Waals surface area (Å²) in [5.41, 5.74) is 0.798. The number of allylic oxidation sites excluding steroid dienone is 2. The van der Waals surface area contributed by atoms with Crippen LogP contribution in [-0.2, 0) is 30.3 Å². The highest BCUT2D eigenvalue weighted by Crippen LogP contribution is 2.26. The first-order valence-corrected chi connectivity index (χ1v) is 14.3. The Labute approximate surface area is 235 Å². The number of aliphatic hydroxyl groups excluding tert-OH is 1. The minimum absolute atomic E-state index is 0.145. The summed E-state index contributed by atoms with van der Waals surface area (Å²) >= 11 is 0. The minimum Gasteiger partial charge on any atom is -0.497 e. The van der Waals surface area contributed by atoms with Crippen LogP contribution in [0.4, 0.5) is 0 Å². The van der Waals surface area contributed by atoms with E-state index in [1.54, 1.807) is 26.2 Å². The minimum atomic E-state index is -0.970. The molecule has 2 fully saturated rings. The molecule has 2 aliphatic carbocycles. The molecule has 0 bridgehead atoms. The number of hydrogen-bond acceptors (Lipinski definition) is 7. The molecule has 40 heavy (non-hydrogen) atoms. The molecular formula is C30H41N3O7. The van der Waals surface area contributed by atoms with Crippen LogP contribution in [0.2, 0.25) is 0 Å². The van der Waals surface area contributed by atoms with E-state index in [9.17, 15) is 24.3 Å². The Kier molecular flexibility index (Phi) is 10.3. The molecule has 1 aromatic carbocycles. The molecule has 10 nitrogen and oxygen atoms in total. The third-order valence-electron chi connectivity index (χ3n) is 8.04. The number of epoxide rings is 1. The van der Waals surface area contributed by atoms with Crippen LogP contribution in [0.3, 0.4) is 0 Å². The van der Waals surface area contributed by atoms with E-state index in [0.717, 1.165) is 18.4 Å². The summed E-state index contributed by atoms with van der Waals surface area (Å²) in [6, 6.07) is 4.64. The molecule has 1 aliphatic heterocycles. The van der Waals surface area contributed by atoms with Crippen LogP contribution in [0.15, 0.2) is 36.4 Å². The number of ether oxygens (including phenoxy) is 2. The predicted molar refractivity (Wildman–Crippen MR) is 147 cm³/mol. The maximum absolute atomic E-state index is 13.6. The Morgan fingerprint density at radius 3 is 2.17 bits per heavy atom. The van der Waals surface area contributed by atoms with Gasteiger partial charge in [-0.1, -0.05) is 24.3 Å². The molecule has 0 unspecified atom stereocenters. The molecule has 0 aromatic heterocycles. The normalized spacial score (nSPS) is 24.4. The number of carbonyl (C=O) groups excluding carboxylic acids is 4. The molecule has 1 heterocycles. The van der Waals surface area contributed by atoms with Gasteiger partial charge in [0.1, 0.15) is 23.9 Å². The Morgan fingerprint density at radius 2 is 1.57 bits per heavy atom. The standard InChI is InChI=1S/C30H41N3O7/c1-18(31-29(37)21-9-11-22(34)12-10-21)28(36)33-25(16-20-7-13-23(39-2)14-8-20)30(38)32-24(27(35)26-17-40-26)15-19-5-3-4-6-19/h3-4,7-8,13-14,18-19,21-22,24-26,34H,5-6,9-12,15-17H2,1-2H3,(H,31,37)(H,32,38)(H,33,36)/t18-,21-,22-,24+,25+,26-/m1/s1. The summed E-state index contributed by atoms with van der Waals surface area (Å²) < 4.78 is 10.4. The van der Waals surface area contributed by atoms with Crippen LogP contribution in [0.1, 0.15) is 57.4 Å². The third kappa shape index (κ3) is 8.38. The molecule has 1 aromatic rings. The molecule has 4 N–H and O–H groups in total. The van der Waals surface area contributed by atoms with Gasteiger partial charge in [0.25, 0.3) is 0 Å². The van der Waals surface area contributed by atoms with Crippen molar-refractivity contribution >= 4 is 23.5 Å². The van der Waals surface area contributed by atoms with Crippen molar-refractivity contribution in [3.8, 4) is 5.75 Å². The predicted octanol–water partition coefficient (Wildman–Crippen LogP) is 1.59. The van der Waals surface area contributed by atoms with Crippen LogP contribution in [0.5, 0.6) is 5.75 Å². The molecule has 10 heteroatoms. The molecule has 3 aliphatic rings. The van der Waals surface area contributed by atoms with Crippen molar-refractivity contribution in [3.05, 3.63) is 42.0 Å². The van der Waals surface area contributed by atoms with Crippen molar-refractivity contribution in [2.45, 2.75) is 88.6 Å². The van der Waals surface area contributed by atoms with E-state index in [1.165, 1.54) is 0 Å². The number of methoxy groups -OCH3 is 1. The number of carbonyl (C=O) groups is 4. The van der Waals surface area contributed by atoms with Gasteiger partial charge in [0, 0.05) is 12.3 Å². The maximum atomic E-state index is 13.6. The lowest BCUT2D eigenvalue weighted by molar-refractivity contribution is -0.134. The molecule has 4 rings (SSSR count). The van der Waals surface area contributed by atoms with E-state index in [2.05, 4.69) is 28.1 Å². The molecule has 218 valence electrons. The largest absolute Gasteiger partial charge is 0.497 e. The first-order chi connectivity index (χ1) is 19.2. The third-order valence-corrected chi connectivity index (χ3v) is 8.04. The quantitative estimate of drug-likeness (QED) is 0.214. The summed E-state index contributed by atoms with van der Waals surface area (Å²) in [5.74, 6) is -0.655. The van der Waals surface area contributed by atoms with Crippen molar-refractivity contribution in [3.63, 3.8) is 0 Å². The van der Waals surface area contributed by atoms with Crippen molar-refractivity contribution in [1.29, 1.82) is 0 Å². The molecule has 0 spiro atoms. The second-order valence-corrected chi connectivity index (χ2v) is 11.2. The lowest BCUT2D eigenvalue weighted by atomic mass is 9.87. The highest BCUT2D eigenvalue weighted by atomic mass is 16.6. The molecule has 1 saturated carbocycles. The first kappa shape index (κ1) is 29.7. The van der Waals surface area contributed by atoms with Crippen molar-refractivity contribution in [2.24, 2.45) is 11.8 Å². The molecule has 4 atom stereocenters. The lowest BCUT2D eigenvalue weighted by Crippen LogP contribution is -2.56. The van der Waals surface area contributed by atoms with E-state index in [0.29, 0.717) is 44.5 Å². The number of aliphatic hydroxyl groups is 1. The second kappa shape index (κ2) is 13.9. The Morgan fingerprint density at radius 1 is 0.950 bits per heavy atom. The maximum Gasteiger partial charge on any atom is 0.243 e. The zero-order valence-corrected chi connectivity index (χ0v) is 23.3. The number of amides is 3. The number of nitrogens with one attached hydrogen (secondary N) is 3. The van der Waals surface area contributed by atoms with Gasteiger partial charge in [-0.3, -0.25) is 19.2 Å². The average molecular weight is 556 g/mol. The fourth-order valence-corrected chi connectivity index (χ4v) is 5.39. The van der Waals surface area contributed by atoms with Crippen LogP contribution in [0, 0.1) is 11.8 Å². The van der Waals surface area contributed by atoms with Gasteiger partial charge >= 0.3 is 0 Å². The van der Waals surface area contributed by atoms with E-state index in [1.807, 2.05) is 12.1 Å². The second-order valence-electron chi connectivity index (χ2n) is 11.2. The number of Topliss-reactive ketones (excluding diaryl/α,β-unsaturated/α-hetero) is 1. The molecule has 0 radical (unpaired) electrons. The van der Waals surface area contributed by atoms with Crippen LogP contribution in [0.25, 0.3) is 0 Å². The first-order valence-electron chi connectivity index (χ1n) is 14.3. The van der Waals surface area contributed by atoms with Gasteiger partial charge in [0.2, 0.25) is 17.7 Å². The zero-order valence-electron chi connectivity index (χ0n) is 23.3. The van der Waals surface area contributed by atoms with Gasteiger partial charge in [-0.25, -0.2) is 0 Å². The monoisotopic (exact) mass is 555 g/mol. The fourth-order valence-electron chi connectivity index (χ4n) is 5.39. The van der Waals surface area contributed by atoms with Gasteiger partial charge < -0.3 is 30.5 Å². The summed E-state index contributed by atoms with van der Waals surface area (Å²) in [6.07, 6.45) is 7.96. The van der Waals surface area contributed by atoms with Gasteiger partial charge in [0.05, 0.1) is 25.9 Å². The lowest BCUT2D eigenvalue weighted by Gasteiger charge is -2.27. The number of rotatable bonds is 13. The van der Waals surface area contributed by atoms with Crippen molar-refractivity contribution in [1.82, 2.24) is 16.0 Å². The van der Waals surface area contributed by atoms with Gasteiger partial charge in [-0.15, -0.1) is 0 Å². The van der Waals surface area contributed by atoms with E-state index in [-0.39, 0.29) is 36.1 Å². The molecule has 3 amide bonds. The van der Waals surface area contributed by atoms with Crippen LogP contribution < -0.4 is 20.7 Å². The van der Waals surface area contributed by atoms with E-state index < -0.39 is 36.0 Å². The summed E-state index contributed by atoms with van der Waals surface area (Å²) in [5, 5.41) is 18.2. The van der Waals surface area contributed by atoms with Gasteiger partial charge in [0.15, 0.2) is 5.78 Å². The number of hydrogen-bond donors (Lipinski definition) is 4. The average Bonchev–Trinajstić information content (AvgIpc) is 3.68. The highest BCUT2D eigenvalue weighted by Gasteiger charge is 2.39. The Bertz CT molecular complexity index is 1070. The van der Waals surface area contributed by atoms with Crippen molar-refractivity contribution < 1.29 is 33.8 Å². The van der Waals surface area contributed by atoms with Crippen LogP contribution >= 0.6 is 0 Å². The molecule has 1 saturated heterocycles. The van der Waals surface area contributed by atoms with Gasteiger partial charge in [-0.05, 0) is 75.5 Å².